The summed E-state index contributed by atoms with van der Waals surface area (Å²) in [6, 6.07) is 0. The normalized spacial score (nSPS) is 53.5. The zero-order valence-corrected chi connectivity index (χ0v) is 11.8. The molecule has 0 unspecified atom stereocenters. The highest BCUT2D eigenvalue weighted by Gasteiger charge is 2.49. The van der Waals surface area contributed by atoms with E-state index >= 15 is 0 Å². The molecule has 10 nitrogen and oxygen atoms in total. The number of aliphatic hydroxyl groups excluding tert-OH is 7. The Hall–Kier alpha value is -0.400. The number of hydrogen-bond acceptors (Lipinski definition) is 10. The molecule has 2 heterocycles. The molecule has 0 amide bonds. The van der Waals surface area contributed by atoms with E-state index < -0.39 is 68.0 Å². The van der Waals surface area contributed by atoms with Gasteiger partial charge >= 0.3 is 0 Å². The summed E-state index contributed by atoms with van der Waals surface area (Å²) < 4.78 is 15.3. The molecule has 0 spiro atoms. The second-order valence-corrected chi connectivity index (χ2v) is 5.51. The van der Waals surface area contributed by atoms with Gasteiger partial charge in [0.25, 0.3) is 0 Å². The van der Waals surface area contributed by atoms with Crippen LogP contribution in [0.3, 0.4) is 0 Å². The van der Waals surface area contributed by atoms with E-state index in [4.69, 9.17) is 19.3 Å². The Kier molecular flexibility index (Phi) is 5.72. The van der Waals surface area contributed by atoms with Gasteiger partial charge in [-0.2, -0.15) is 0 Å². The first-order valence-corrected chi connectivity index (χ1v) is 6.93. The average molecular weight is 326 g/mol. The summed E-state index contributed by atoms with van der Waals surface area (Å²) in [4.78, 5) is 0. The lowest BCUT2D eigenvalue weighted by Gasteiger charge is -2.44. The molecule has 2 fully saturated rings. The molecular formula is C12H22O10. The third-order valence-electron chi connectivity index (χ3n) is 3.94. The van der Waals surface area contributed by atoms with Crippen molar-refractivity contribution in [2.24, 2.45) is 0 Å². The highest BCUT2D eigenvalue weighted by molar-refractivity contribution is 4.92. The summed E-state index contributed by atoms with van der Waals surface area (Å²) in [6.45, 7) is 0.812. The van der Waals surface area contributed by atoms with Gasteiger partial charge in [-0.25, -0.2) is 0 Å². The fraction of sp³-hybridized carbons (Fsp3) is 1.00. The molecule has 0 aliphatic carbocycles. The number of ether oxygens (including phenoxy) is 3. The first-order valence-electron chi connectivity index (χ1n) is 6.93. The van der Waals surface area contributed by atoms with Crippen LogP contribution in [0.2, 0.25) is 0 Å². The Morgan fingerprint density at radius 2 is 1.45 bits per heavy atom. The van der Waals surface area contributed by atoms with Gasteiger partial charge in [-0.3, -0.25) is 0 Å². The Bertz CT molecular complexity index is 352. The Morgan fingerprint density at radius 1 is 0.818 bits per heavy atom. The largest absolute Gasteiger partial charge is 0.394 e. The molecule has 0 radical (unpaired) electrons. The molecule has 10 heteroatoms. The lowest BCUT2D eigenvalue weighted by molar-refractivity contribution is -0.353. The van der Waals surface area contributed by atoms with Crippen LogP contribution < -0.4 is 0 Å². The molecule has 2 aliphatic heterocycles. The predicted molar refractivity (Wildman–Crippen MR) is 67.2 cm³/mol. The van der Waals surface area contributed by atoms with E-state index in [1.807, 2.05) is 0 Å². The van der Waals surface area contributed by atoms with Crippen LogP contribution in [0.4, 0.5) is 0 Å². The van der Waals surface area contributed by atoms with Crippen LogP contribution in [0.15, 0.2) is 0 Å². The standard InChI is InChI=1S/C12H22O10/c1-3-5(14)10(9(18)11(19)20-3)22-12-8(17)7(16)6(15)4(2-13)21-12/h3-19H,2H2,1H3/t3-,4+,5-,6-,7-,8+,9+,10+,11-,12-/m0/s1. The fourth-order valence-electron chi connectivity index (χ4n) is 2.51. The van der Waals surface area contributed by atoms with Gasteiger partial charge in [-0.05, 0) is 6.92 Å². The van der Waals surface area contributed by atoms with Crippen LogP contribution in [-0.4, -0.2) is 104 Å². The number of aliphatic hydroxyl groups is 7. The molecule has 22 heavy (non-hydrogen) atoms. The number of rotatable bonds is 3. The van der Waals surface area contributed by atoms with Gasteiger partial charge in [0, 0.05) is 0 Å². The molecule has 7 N–H and O–H groups in total. The summed E-state index contributed by atoms with van der Waals surface area (Å²) in [7, 11) is 0. The topological polar surface area (TPSA) is 169 Å². The van der Waals surface area contributed by atoms with Gasteiger partial charge in [-0.15, -0.1) is 0 Å². The molecule has 2 aliphatic rings. The monoisotopic (exact) mass is 326 g/mol. The zero-order valence-electron chi connectivity index (χ0n) is 11.8. The maximum Gasteiger partial charge on any atom is 0.187 e. The molecule has 2 rings (SSSR count). The molecule has 0 bridgehead atoms. The van der Waals surface area contributed by atoms with Crippen LogP contribution in [0.1, 0.15) is 6.92 Å². The van der Waals surface area contributed by atoms with E-state index in [0.29, 0.717) is 0 Å². The maximum absolute atomic E-state index is 9.96. The molecule has 130 valence electrons. The molecule has 10 atom stereocenters. The smallest absolute Gasteiger partial charge is 0.187 e. The Balaban J connectivity index is 2.10. The maximum atomic E-state index is 9.96. The minimum Gasteiger partial charge on any atom is -0.394 e. The summed E-state index contributed by atoms with van der Waals surface area (Å²) in [5.74, 6) is 0. The van der Waals surface area contributed by atoms with Crippen LogP contribution in [0, 0.1) is 0 Å². The lowest BCUT2D eigenvalue weighted by atomic mass is 9.97. The van der Waals surface area contributed by atoms with Gasteiger partial charge in [-0.1, -0.05) is 0 Å². The molecule has 2 saturated heterocycles. The van der Waals surface area contributed by atoms with Gasteiger partial charge in [0.2, 0.25) is 0 Å². The highest BCUT2D eigenvalue weighted by atomic mass is 16.7. The van der Waals surface area contributed by atoms with Crippen molar-refractivity contribution in [3.63, 3.8) is 0 Å². The molecule has 0 aromatic carbocycles. The van der Waals surface area contributed by atoms with Crippen LogP contribution in [0.25, 0.3) is 0 Å². The average Bonchev–Trinajstić information content (AvgIpc) is 2.49. The zero-order chi connectivity index (χ0) is 16.6. The van der Waals surface area contributed by atoms with Crippen molar-refractivity contribution in [2.45, 2.75) is 68.3 Å². The van der Waals surface area contributed by atoms with E-state index in [1.54, 1.807) is 0 Å². The predicted octanol–water partition coefficient (Wildman–Crippen LogP) is -4.37. The van der Waals surface area contributed by atoms with E-state index in [9.17, 15) is 30.6 Å². The van der Waals surface area contributed by atoms with Crippen LogP contribution in [0.5, 0.6) is 0 Å². The van der Waals surface area contributed by atoms with Gasteiger partial charge < -0.3 is 50.0 Å². The quantitative estimate of drug-likeness (QED) is 0.269. The number of hydrogen-bond donors (Lipinski definition) is 7. The second kappa shape index (κ2) is 7.01. The SMILES string of the molecule is C[C@@H]1O[C@H](O)[C@H](O)[C@H](O[C@@H]2O[C@H](CO)[C@H](O)[C@H](O)[C@H]2O)[C@H]1O. The molecule has 0 aromatic rings. The first kappa shape index (κ1) is 17.9. The van der Waals surface area contributed by atoms with E-state index in [-0.39, 0.29) is 0 Å². The minimum absolute atomic E-state index is 0.636. The van der Waals surface area contributed by atoms with Crippen molar-refractivity contribution >= 4 is 0 Å². The van der Waals surface area contributed by atoms with Crippen molar-refractivity contribution in [3.05, 3.63) is 0 Å². The van der Waals surface area contributed by atoms with E-state index in [0.717, 1.165) is 0 Å². The molecular weight excluding hydrogens is 304 g/mol. The van der Waals surface area contributed by atoms with E-state index in [2.05, 4.69) is 0 Å². The van der Waals surface area contributed by atoms with Crippen molar-refractivity contribution in [1.29, 1.82) is 0 Å². The lowest BCUT2D eigenvalue weighted by Crippen LogP contribution is -2.63. The third-order valence-corrected chi connectivity index (χ3v) is 3.94. The van der Waals surface area contributed by atoms with Gasteiger partial charge in [0.15, 0.2) is 12.6 Å². The van der Waals surface area contributed by atoms with E-state index in [1.165, 1.54) is 6.92 Å². The minimum atomic E-state index is -1.67. The first-order chi connectivity index (χ1) is 10.3. The Morgan fingerprint density at radius 3 is 2.05 bits per heavy atom. The summed E-state index contributed by atoms with van der Waals surface area (Å²) in [6.07, 6.45) is -14.3. The summed E-state index contributed by atoms with van der Waals surface area (Å²) in [5.41, 5.74) is 0. The fourth-order valence-corrected chi connectivity index (χ4v) is 2.51. The van der Waals surface area contributed by atoms with Crippen molar-refractivity contribution in [2.75, 3.05) is 6.61 Å². The van der Waals surface area contributed by atoms with Crippen molar-refractivity contribution in [3.8, 4) is 0 Å². The molecule has 0 aromatic heterocycles. The Labute approximate surface area is 126 Å². The third kappa shape index (κ3) is 3.26. The second-order valence-electron chi connectivity index (χ2n) is 5.51. The van der Waals surface area contributed by atoms with Gasteiger partial charge in [0.1, 0.15) is 42.7 Å². The van der Waals surface area contributed by atoms with Crippen LogP contribution >= 0.6 is 0 Å². The van der Waals surface area contributed by atoms with Crippen molar-refractivity contribution < 1.29 is 50.0 Å². The highest BCUT2D eigenvalue weighted by Crippen LogP contribution is 2.28. The molecule has 0 saturated carbocycles. The summed E-state index contributed by atoms with van der Waals surface area (Å²) in [5, 5.41) is 67.6. The van der Waals surface area contributed by atoms with Crippen LogP contribution in [-0.2, 0) is 14.2 Å². The van der Waals surface area contributed by atoms with Gasteiger partial charge in [0.05, 0.1) is 12.7 Å². The van der Waals surface area contributed by atoms with Crippen molar-refractivity contribution in [1.82, 2.24) is 0 Å². The summed E-state index contributed by atoms with van der Waals surface area (Å²) >= 11 is 0.